The van der Waals surface area contributed by atoms with Crippen LogP contribution >= 0.6 is 11.6 Å². The Bertz CT molecular complexity index is 1650. The van der Waals surface area contributed by atoms with Crippen molar-refractivity contribution in [1.29, 1.82) is 0 Å². The van der Waals surface area contributed by atoms with E-state index >= 15 is 0 Å². The van der Waals surface area contributed by atoms with Crippen molar-refractivity contribution in [3.8, 4) is 11.4 Å². The van der Waals surface area contributed by atoms with E-state index in [1.807, 2.05) is 58.5 Å². The summed E-state index contributed by atoms with van der Waals surface area (Å²) in [6.07, 6.45) is 5.92. The van der Waals surface area contributed by atoms with Gasteiger partial charge in [0, 0.05) is 61.3 Å². The number of aromatic amines is 1. The van der Waals surface area contributed by atoms with Gasteiger partial charge in [0.2, 0.25) is 0 Å². The lowest BCUT2D eigenvalue weighted by Crippen LogP contribution is -2.38. The number of allylic oxidation sites excluding steroid dienone is 1. The van der Waals surface area contributed by atoms with Gasteiger partial charge in [-0.05, 0) is 37.5 Å². The Morgan fingerprint density at radius 1 is 1.24 bits per heavy atom. The number of ketones is 1. The summed E-state index contributed by atoms with van der Waals surface area (Å²) in [4.78, 5) is 42.4. The molecule has 1 N–H and O–H groups in total. The molecule has 0 unspecified atom stereocenters. The van der Waals surface area contributed by atoms with Gasteiger partial charge in [0.25, 0.3) is 5.56 Å². The van der Waals surface area contributed by atoms with Crippen molar-refractivity contribution >= 4 is 34.5 Å². The topological polar surface area (TPSA) is 99.6 Å². The summed E-state index contributed by atoms with van der Waals surface area (Å²) < 4.78 is 6.28. The number of aromatic nitrogens is 6. The van der Waals surface area contributed by atoms with Gasteiger partial charge < -0.3 is 9.55 Å². The van der Waals surface area contributed by atoms with Crippen LogP contribution in [0.25, 0.3) is 28.5 Å². The zero-order valence-corrected chi connectivity index (χ0v) is 23.1. The Balaban J connectivity index is 2.09. The number of halogens is 1. The van der Waals surface area contributed by atoms with Gasteiger partial charge in [-0.2, -0.15) is 5.10 Å². The molecule has 4 aromatic rings. The molecule has 0 aromatic carbocycles. The van der Waals surface area contributed by atoms with Crippen LogP contribution in [0, 0.1) is 12.8 Å². The van der Waals surface area contributed by atoms with E-state index in [2.05, 4.69) is 4.98 Å². The number of fused-ring (bicyclic) bond motifs is 1. The van der Waals surface area contributed by atoms with E-state index in [1.54, 1.807) is 21.5 Å². The normalized spacial score (nSPS) is 12.3. The van der Waals surface area contributed by atoms with Crippen molar-refractivity contribution in [2.45, 2.75) is 54.1 Å². The van der Waals surface area contributed by atoms with E-state index in [9.17, 15) is 14.4 Å². The summed E-state index contributed by atoms with van der Waals surface area (Å²) in [5.74, 6) is 0.166. The predicted molar refractivity (Wildman–Crippen MR) is 147 cm³/mol. The lowest BCUT2D eigenvalue weighted by molar-refractivity contribution is 0.0988. The summed E-state index contributed by atoms with van der Waals surface area (Å²) in [5, 5.41) is 5.83. The SMILES string of the molecule is CCC(=O)c1cc(-c2c3c(=O)n(C)c(=O)n(CC(C)C)c3nn2Cc2c[nH]c(C)c2/C=C(\C)Cl)n(C)c1. The van der Waals surface area contributed by atoms with Gasteiger partial charge in [-0.1, -0.05) is 32.4 Å². The minimum absolute atomic E-state index is 0.00751. The summed E-state index contributed by atoms with van der Waals surface area (Å²) in [6.45, 7) is 10.4. The van der Waals surface area contributed by atoms with Gasteiger partial charge in [-0.3, -0.25) is 23.4 Å². The molecule has 196 valence electrons. The maximum absolute atomic E-state index is 13.6. The number of nitrogens with zero attached hydrogens (tertiary/aromatic N) is 5. The van der Waals surface area contributed by atoms with Gasteiger partial charge in [0.05, 0.1) is 12.2 Å². The second-order valence-electron chi connectivity index (χ2n) is 9.94. The van der Waals surface area contributed by atoms with Crippen molar-refractivity contribution in [3.05, 3.63) is 66.7 Å². The van der Waals surface area contributed by atoms with Crippen LogP contribution in [0.1, 0.15) is 61.3 Å². The highest BCUT2D eigenvalue weighted by Gasteiger charge is 2.25. The second kappa shape index (κ2) is 10.0. The number of hydrogen-bond donors (Lipinski definition) is 1. The number of carbonyl (C=O) groups is 1. The number of aryl methyl sites for hydroxylation is 2. The second-order valence-corrected chi connectivity index (χ2v) is 10.5. The molecule has 0 aliphatic rings. The van der Waals surface area contributed by atoms with E-state index in [4.69, 9.17) is 16.7 Å². The number of H-pyrrole nitrogens is 1. The zero-order valence-electron chi connectivity index (χ0n) is 22.3. The van der Waals surface area contributed by atoms with Crippen molar-refractivity contribution in [1.82, 2.24) is 28.5 Å². The fourth-order valence-corrected chi connectivity index (χ4v) is 4.82. The van der Waals surface area contributed by atoms with Crippen LogP contribution in [0.5, 0.6) is 0 Å². The first-order valence-corrected chi connectivity index (χ1v) is 12.7. The third-order valence-electron chi connectivity index (χ3n) is 6.54. The van der Waals surface area contributed by atoms with Crippen LogP contribution in [-0.2, 0) is 27.2 Å². The van der Waals surface area contributed by atoms with Gasteiger partial charge in [0.15, 0.2) is 11.4 Å². The molecule has 0 amide bonds. The molecular weight excluding hydrogens is 492 g/mol. The summed E-state index contributed by atoms with van der Waals surface area (Å²) in [6, 6.07) is 1.79. The molecule has 0 fully saturated rings. The maximum atomic E-state index is 13.6. The number of rotatable bonds is 8. The van der Waals surface area contributed by atoms with Gasteiger partial charge in [-0.25, -0.2) is 4.79 Å². The van der Waals surface area contributed by atoms with Crippen molar-refractivity contribution in [2.75, 3.05) is 0 Å². The quantitative estimate of drug-likeness (QED) is 0.344. The predicted octanol–water partition coefficient (Wildman–Crippen LogP) is 4.44. The molecule has 4 heterocycles. The van der Waals surface area contributed by atoms with Crippen molar-refractivity contribution < 1.29 is 4.79 Å². The van der Waals surface area contributed by atoms with Gasteiger partial charge in [-0.15, -0.1) is 0 Å². The Kier molecular flexibility index (Phi) is 7.19. The molecule has 0 spiro atoms. The Morgan fingerprint density at radius 2 is 1.95 bits per heavy atom. The van der Waals surface area contributed by atoms with E-state index < -0.39 is 11.2 Å². The fraction of sp³-hybridized carbons (Fsp3) is 0.407. The molecule has 0 atom stereocenters. The minimum atomic E-state index is -0.423. The highest BCUT2D eigenvalue weighted by atomic mass is 35.5. The molecule has 0 aliphatic carbocycles. The smallest absolute Gasteiger partial charge is 0.332 e. The molecule has 0 aliphatic heterocycles. The number of hydrogen-bond acceptors (Lipinski definition) is 4. The van der Waals surface area contributed by atoms with E-state index in [1.165, 1.54) is 7.05 Å². The number of nitrogens with one attached hydrogen (secondary N) is 1. The molecule has 10 heteroatoms. The Morgan fingerprint density at radius 3 is 2.57 bits per heavy atom. The Labute approximate surface area is 220 Å². The molecule has 9 nitrogen and oxygen atoms in total. The van der Waals surface area contributed by atoms with E-state index in [0.717, 1.165) is 21.4 Å². The number of Topliss-reactive ketones (excluding diaryl/α,β-unsaturated/α-hetero) is 1. The molecular formula is C27H33ClN6O3. The molecule has 0 radical (unpaired) electrons. The fourth-order valence-electron chi connectivity index (χ4n) is 4.71. The van der Waals surface area contributed by atoms with Crippen LogP contribution in [0.4, 0.5) is 0 Å². The lowest BCUT2D eigenvalue weighted by atomic mass is 10.1. The third-order valence-corrected chi connectivity index (χ3v) is 6.65. The Hall–Kier alpha value is -3.59. The van der Waals surface area contributed by atoms with Crippen molar-refractivity contribution in [2.24, 2.45) is 20.0 Å². The van der Waals surface area contributed by atoms with Gasteiger partial charge >= 0.3 is 5.69 Å². The molecule has 0 saturated carbocycles. The molecule has 4 aromatic heterocycles. The van der Waals surface area contributed by atoms with E-state index in [-0.39, 0.29) is 11.7 Å². The van der Waals surface area contributed by atoms with Crippen LogP contribution in [0.3, 0.4) is 0 Å². The maximum Gasteiger partial charge on any atom is 0.332 e. The first kappa shape index (κ1) is 26.5. The summed E-state index contributed by atoms with van der Waals surface area (Å²) in [5.41, 5.74) is 4.12. The first-order valence-electron chi connectivity index (χ1n) is 12.3. The zero-order chi connectivity index (χ0) is 27.2. The van der Waals surface area contributed by atoms with Crippen LogP contribution in [-0.4, -0.2) is 34.2 Å². The van der Waals surface area contributed by atoms with E-state index in [0.29, 0.717) is 52.5 Å². The minimum Gasteiger partial charge on any atom is -0.364 e. The molecule has 4 rings (SSSR count). The highest BCUT2D eigenvalue weighted by molar-refractivity contribution is 6.31. The summed E-state index contributed by atoms with van der Waals surface area (Å²) in [7, 11) is 3.33. The highest BCUT2D eigenvalue weighted by Crippen LogP contribution is 2.30. The summed E-state index contributed by atoms with van der Waals surface area (Å²) >= 11 is 6.21. The van der Waals surface area contributed by atoms with Gasteiger partial charge in [0.1, 0.15) is 11.1 Å². The molecule has 37 heavy (non-hydrogen) atoms. The first-order chi connectivity index (χ1) is 17.4. The third kappa shape index (κ3) is 4.75. The van der Waals surface area contributed by atoms with Crippen LogP contribution in [0.2, 0.25) is 0 Å². The average Bonchev–Trinajstić information content (AvgIpc) is 3.50. The lowest BCUT2D eigenvalue weighted by Gasteiger charge is -2.11. The standard InChI is InChI=1S/C27H33ClN6O3/c1-8-22(35)18-10-21(31(6)13-18)24-23-25(33(12-15(2)3)27(37)32(7)26(23)36)30-34(24)14-19-11-29-17(5)20(19)9-16(4)28/h9-11,13,15,29H,8,12,14H2,1-7H3/b16-9+. The van der Waals surface area contributed by atoms with Crippen molar-refractivity contribution in [3.63, 3.8) is 0 Å². The largest absolute Gasteiger partial charge is 0.364 e. The number of carbonyl (C=O) groups excluding carboxylic acids is 1. The molecule has 0 saturated heterocycles. The van der Waals surface area contributed by atoms with Crippen LogP contribution in [0.15, 0.2) is 33.1 Å². The van der Waals surface area contributed by atoms with Crippen LogP contribution < -0.4 is 11.2 Å². The molecule has 0 bridgehead atoms. The monoisotopic (exact) mass is 524 g/mol. The average molecular weight is 525 g/mol.